The average molecular weight is 491 g/mol. The molecule has 0 unspecified atom stereocenters. The fourth-order valence-corrected chi connectivity index (χ4v) is 5.75. The van der Waals surface area contributed by atoms with Gasteiger partial charge in [0.05, 0.1) is 21.3 Å². The van der Waals surface area contributed by atoms with Crippen molar-refractivity contribution in [3.63, 3.8) is 0 Å². The van der Waals surface area contributed by atoms with Crippen molar-refractivity contribution in [2.75, 3.05) is 11.5 Å². The van der Waals surface area contributed by atoms with E-state index in [4.69, 9.17) is 23.2 Å². The first-order valence-corrected chi connectivity index (χ1v) is 13.1. The molecule has 0 saturated heterocycles. The molecular weight excluding hydrogens is 471 g/mol. The van der Waals surface area contributed by atoms with Gasteiger partial charge in [0.15, 0.2) is 19.7 Å². The molecule has 0 spiro atoms. The Morgan fingerprint density at radius 3 is 1.13 bits per heavy atom. The maximum Gasteiger partial charge on any atom is 0.252 e. The summed E-state index contributed by atoms with van der Waals surface area (Å²) in [4.78, 5) is 22.3. The summed E-state index contributed by atoms with van der Waals surface area (Å²) in [6.45, 7) is 0. The number of rotatable bonds is 11. The van der Waals surface area contributed by atoms with Crippen LogP contribution in [0.2, 0.25) is 0 Å². The third-order valence-corrected chi connectivity index (χ3v) is 8.53. The van der Waals surface area contributed by atoms with Crippen LogP contribution in [0.1, 0.15) is 46.4 Å². The zero-order valence-electron chi connectivity index (χ0n) is 15.9. The minimum absolute atomic E-state index is 0.0676. The Labute approximate surface area is 186 Å². The number of sulfone groups is 2. The van der Waals surface area contributed by atoms with Gasteiger partial charge in [0.2, 0.25) is 0 Å². The van der Waals surface area contributed by atoms with Crippen molar-refractivity contribution in [3.05, 3.63) is 59.7 Å². The SMILES string of the molecule is O=C(Cl)c1ccc(S(=O)(=O)CCCCCCS(=O)(=O)c2ccc(C(=O)Cl)cc2)cc1. The monoisotopic (exact) mass is 490 g/mol. The van der Waals surface area contributed by atoms with Crippen LogP contribution < -0.4 is 0 Å². The second kappa shape index (κ2) is 10.5. The first-order chi connectivity index (χ1) is 14.0. The highest BCUT2D eigenvalue weighted by atomic mass is 35.5. The van der Waals surface area contributed by atoms with Crippen LogP contribution in [-0.2, 0) is 19.7 Å². The molecule has 0 saturated carbocycles. The predicted molar refractivity (Wildman–Crippen MR) is 116 cm³/mol. The predicted octanol–water partition coefficient (Wildman–Crippen LogP) is 4.25. The smallest absolute Gasteiger partial charge is 0.252 e. The molecule has 30 heavy (non-hydrogen) atoms. The van der Waals surface area contributed by atoms with Crippen molar-refractivity contribution in [2.24, 2.45) is 0 Å². The Kier molecular flexibility index (Phi) is 8.61. The van der Waals surface area contributed by atoms with Crippen LogP contribution in [0.5, 0.6) is 0 Å². The van der Waals surface area contributed by atoms with Crippen LogP contribution in [-0.4, -0.2) is 38.8 Å². The lowest BCUT2D eigenvalue weighted by molar-refractivity contribution is 0.107. The van der Waals surface area contributed by atoms with Gasteiger partial charge >= 0.3 is 0 Å². The molecule has 0 radical (unpaired) electrons. The molecule has 0 heterocycles. The fraction of sp³-hybridized carbons (Fsp3) is 0.300. The summed E-state index contributed by atoms with van der Waals surface area (Å²) < 4.78 is 49.3. The van der Waals surface area contributed by atoms with Crippen LogP contribution in [0, 0.1) is 0 Å². The molecule has 0 aliphatic carbocycles. The van der Waals surface area contributed by atoms with E-state index in [2.05, 4.69) is 0 Å². The van der Waals surface area contributed by atoms with Crippen molar-refractivity contribution in [2.45, 2.75) is 35.5 Å². The minimum atomic E-state index is -3.48. The van der Waals surface area contributed by atoms with Crippen molar-refractivity contribution >= 4 is 53.4 Å². The number of carbonyl (C=O) groups is 2. The summed E-state index contributed by atoms with van der Waals surface area (Å²) in [5.74, 6) is -0.135. The van der Waals surface area contributed by atoms with Gasteiger partial charge < -0.3 is 0 Å². The lowest BCUT2D eigenvalue weighted by Gasteiger charge is -2.06. The highest BCUT2D eigenvalue weighted by Crippen LogP contribution is 2.18. The number of benzene rings is 2. The topological polar surface area (TPSA) is 102 Å². The van der Waals surface area contributed by atoms with E-state index in [-0.39, 0.29) is 32.4 Å². The molecule has 0 bridgehead atoms. The quantitative estimate of drug-likeness (QED) is 0.344. The van der Waals surface area contributed by atoms with Gasteiger partial charge in [-0.15, -0.1) is 0 Å². The summed E-state index contributed by atoms with van der Waals surface area (Å²) in [7, 11) is -6.97. The Morgan fingerprint density at radius 1 is 0.567 bits per heavy atom. The summed E-state index contributed by atoms with van der Waals surface area (Å²) in [5.41, 5.74) is 0.446. The summed E-state index contributed by atoms with van der Waals surface area (Å²) in [5, 5.41) is -1.31. The molecule has 0 aliphatic rings. The number of hydrogen-bond acceptors (Lipinski definition) is 6. The van der Waals surface area contributed by atoms with Crippen molar-refractivity contribution in [1.29, 1.82) is 0 Å². The van der Waals surface area contributed by atoms with Gasteiger partial charge in [0, 0.05) is 11.1 Å². The van der Waals surface area contributed by atoms with Gasteiger partial charge in [-0.2, -0.15) is 0 Å². The molecule has 162 valence electrons. The van der Waals surface area contributed by atoms with Crippen LogP contribution in [0.4, 0.5) is 0 Å². The lowest BCUT2D eigenvalue weighted by atomic mass is 10.2. The third-order valence-electron chi connectivity index (χ3n) is 4.46. The van der Waals surface area contributed by atoms with Gasteiger partial charge in [-0.1, -0.05) is 12.8 Å². The molecule has 10 heteroatoms. The third kappa shape index (κ3) is 6.91. The largest absolute Gasteiger partial charge is 0.276 e. The minimum Gasteiger partial charge on any atom is -0.276 e. The van der Waals surface area contributed by atoms with E-state index >= 15 is 0 Å². The molecule has 2 aromatic rings. The molecule has 0 aliphatic heterocycles. The van der Waals surface area contributed by atoms with E-state index in [9.17, 15) is 26.4 Å². The first-order valence-electron chi connectivity index (χ1n) is 9.08. The zero-order valence-corrected chi connectivity index (χ0v) is 19.0. The molecular formula is C20H20Cl2O6S2. The molecule has 0 N–H and O–H groups in total. The normalized spacial score (nSPS) is 11.9. The second-order valence-electron chi connectivity index (χ2n) is 6.65. The molecule has 0 atom stereocenters. The molecule has 2 aromatic carbocycles. The lowest BCUT2D eigenvalue weighted by Crippen LogP contribution is -2.09. The zero-order chi connectivity index (χ0) is 22.4. The van der Waals surface area contributed by atoms with E-state index in [1.165, 1.54) is 48.5 Å². The van der Waals surface area contributed by atoms with Gasteiger partial charge in [0.25, 0.3) is 10.5 Å². The van der Waals surface area contributed by atoms with E-state index in [1.54, 1.807) is 0 Å². The first kappa shape index (κ1) is 24.5. The van der Waals surface area contributed by atoms with Crippen molar-refractivity contribution in [1.82, 2.24) is 0 Å². The Bertz CT molecular complexity index is 1020. The summed E-state index contributed by atoms with van der Waals surface area (Å²) in [6.07, 6.45) is 1.91. The van der Waals surface area contributed by atoms with E-state index in [1.807, 2.05) is 0 Å². The maximum atomic E-state index is 12.3. The highest BCUT2D eigenvalue weighted by Gasteiger charge is 2.16. The summed E-state index contributed by atoms with van der Waals surface area (Å²) in [6, 6.07) is 10.8. The van der Waals surface area contributed by atoms with Crippen LogP contribution >= 0.6 is 23.2 Å². The van der Waals surface area contributed by atoms with Gasteiger partial charge in [-0.3, -0.25) is 9.59 Å². The number of unbranched alkanes of at least 4 members (excludes halogenated alkanes) is 3. The number of hydrogen-bond donors (Lipinski definition) is 0. The average Bonchev–Trinajstić information content (AvgIpc) is 2.70. The standard InChI is InChI=1S/C20H20Cl2O6S2/c21-19(23)15-5-9-17(10-6-15)29(25,26)13-3-1-2-4-14-30(27,28)18-11-7-16(8-12-18)20(22)24/h5-12H,1-4,13-14H2. The molecule has 0 amide bonds. The molecule has 0 aromatic heterocycles. The molecule has 2 rings (SSSR count). The Balaban J connectivity index is 1.79. The Morgan fingerprint density at radius 2 is 0.867 bits per heavy atom. The maximum absolute atomic E-state index is 12.3. The van der Waals surface area contributed by atoms with Crippen molar-refractivity contribution in [3.8, 4) is 0 Å². The number of halogens is 2. The number of carbonyl (C=O) groups excluding carboxylic acids is 2. The van der Waals surface area contributed by atoms with E-state index in [0.29, 0.717) is 25.7 Å². The molecule has 6 nitrogen and oxygen atoms in total. The molecule has 0 fully saturated rings. The van der Waals surface area contributed by atoms with Crippen molar-refractivity contribution < 1.29 is 26.4 Å². The van der Waals surface area contributed by atoms with Crippen LogP contribution in [0.25, 0.3) is 0 Å². The van der Waals surface area contributed by atoms with Gasteiger partial charge in [-0.05, 0) is 84.6 Å². The van der Waals surface area contributed by atoms with Gasteiger partial charge in [-0.25, -0.2) is 16.8 Å². The Hall–Kier alpha value is -1.74. The van der Waals surface area contributed by atoms with E-state index < -0.39 is 30.2 Å². The van der Waals surface area contributed by atoms with E-state index in [0.717, 1.165) is 0 Å². The fourth-order valence-electron chi connectivity index (χ4n) is 2.76. The summed E-state index contributed by atoms with van der Waals surface area (Å²) >= 11 is 10.7. The van der Waals surface area contributed by atoms with Crippen LogP contribution in [0.15, 0.2) is 58.3 Å². The second-order valence-corrected chi connectivity index (χ2v) is 11.6. The van der Waals surface area contributed by atoms with Gasteiger partial charge in [0.1, 0.15) is 0 Å². The highest BCUT2D eigenvalue weighted by molar-refractivity contribution is 7.91. The van der Waals surface area contributed by atoms with Crippen LogP contribution in [0.3, 0.4) is 0 Å².